The first-order valence-corrected chi connectivity index (χ1v) is 10.9. The van der Waals surface area contributed by atoms with Gasteiger partial charge < -0.3 is 19.6 Å². The average Bonchev–Trinajstić information content (AvgIpc) is 2.74. The maximum atomic E-state index is 13.0. The van der Waals surface area contributed by atoms with E-state index >= 15 is 0 Å². The highest BCUT2D eigenvalue weighted by molar-refractivity contribution is 5.77. The monoisotopic (exact) mass is 400 g/mol. The fraction of sp³-hybridized carbons (Fsp3) is 0.625. The molecule has 160 valence electrons. The number of hydrogen-bond donors (Lipinski definition) is 1. The number of benzene rings is 1. The van der Waals surface area contributed by atoms with Crippen molar-refractivity contribution in [2.75, 3.05) is 44.8 Å². The minimum atomic E-state index is 0.200. The van der Waals surface area contributed by atoms with Crippen LogP contribution in [0.25, 0.3) is 0 Å². The normalized spacial score (nSPS) is 25.2. The van der Waals surface area contributed by atoms with Crippen molar-refractivity contribution in [2.45, 2.75) is 33.6 Å². The van der Waals surface area contributed by atoms with Crippen LogP contribution in [-0.2, 0) is 4.79 Å². The molecule has 3 atom stereocenters. The molecule has 29 heavy (non-hydrogen) atoms. The van der Waals surface area contributed by atoms with E-state index in [-0.39, 0.29) is 18.4 Å². The van der Waals surface area contributed by atoms with Crippen molar-refractivity contribution < 1.29 is 14.6 Å². The molecule has 1 heterocycles. The van der Waals surface area contributed by atoms with E-state index < -0.39 is 0 Å². The van der Waals surface area contributed by atoms with Crippen molar-refractivity contribution in [3.8, 4) is 5.75 Å². The standard InChI is InChI=1S/C24H36N2O3/c1-17(2)21-14-19(18(3)13-20(21)16-27)15-24(28)26-11-9-25(10-12-26)22-7-5-6-8-23(22)29-4/h5-8,13,17,19-21,27H,9-12,14-16H2,1-4H3/t19-,20-,21-/m0/s1. The zero-order chi connectivity index (χ0) is 21.0. The van der Waals surface area contributed by atoms with E-state index in [1.807, 2.05) is 23.1 Å². The van der Waals surface area contributed by atoms with E-state index in [9.17, 15) is 9.90 Å². The zero-order valence-corrected chi connectivity index (χ0v) is 18.3. The van der Waals surface area contributed by atoms with Gasteiger partial charge in [-0.1, -0.05) is 37.6 Å². The molecular weight excluding hydrogens is 364 g/mol. The number of ether oxygens (including phenoxy) is 1. The van der Waals surface area contributed by atoms with Gasteiger partial charge >= 0.3 is 0 Å². The highest BCUT2D eigenvalue weighted by Crippen LogP contribution is 2.39. The molecule has 0 radical (unpaired) electrons. The van der Waals surface area contributed by atoms with Gasteiger partial charge in [-0.05, 0) is 43.2 Å². The summed E-state index contributed by atoms with van der Waals surface area (Å²) in [5.74, 6) is 2.62. The molecule has 1 amide bonds. The summed E-state index contributed by atoms with van der Waals surface area (Å²) in [5.41, 5.74) is 2.37. The number of amides is 1. The van der Waals surface area contributed by atoms with E-state index in [1.165, 1.54) is 5.57 Å². The Balaban J connectivity index is 1.58. The topological polar surface area (TPSA) is 53.0 Å². The summed E-state index contributed by atoms with van der Waals surface area (Å²) < 4.78 is 5.49. The van der Waals surface area contributed by atoms with E-state index in [2.05, 4.69) is 37.8 Å². The van der Waals surface area contributed by atoms with Crippen LogP contribution >= 0.6 is 0 Å². The number of nitrogens with zero attached hydrogens (tertiary/aromatic N) is 2. The molecule has 0 unspecified atom stereocenters. The Morgan fingerprint density at radius 1 is 1.21 bits per heavy atom. The van der Waals surface area contributed by atoms with E-state index in [0.29, 0.717) is 24.2 Å². The number of anilines is 1. The van der Waals surface area contributed by atoms with Crippen molar-refractivity contribution in [2.24, 2.45) is 23.7 Å². The summed E-state index contributed by atoms with van der Waals surface area (Å²) in [5, 5.41) is 9.72. The number of carbonyl (C=O) groups is 1. The third-order valence-corrected chi connectivity index (χ3v) is 6.77. The Morgan fingerprint density at radius 3 is 2.52 bits per heavy atom. The molecule has 1 saturated heterocycles. The van der Waals surface area contributed by atoms with Crippen molar-refractivity contribution in [3.05, 3.63) is 35.9 Å². The van der Waals surface area contributed by atoms with Crippen molar-refractivity contribution in [1.82, 2.24) is 4.90 Å². The van der Waals surface area contributed by atoms with Gasteiger partial charge in [0.15, 0.2) is 0 Å². The van der Waals surface area contributed by atoms with Gasteiger partial charge in [0.05, 0.1) is 12.8 Å². The number of carbonyl (C=O) groups excluding carboxylic acids is 1. The van der Waals surface area contributed by atoms with Crippen LogP contribution in [0.3, 0.4) is 0 Å². The molecule has 1 aliphatic carbocycles. The van der Waals surface area contributed by atoms with Crippen LogP contribution in [0.4, 0.5) is 5.69 Å². The van der Waals surface area contributed by atoms with Gasteiger partial charge in [-0.3, -0.25) is 4.79 Å². The van der Waals surface area contributed by atoms with Gasteiger partial charge in [0.1, 0.15) is 5.75 Å². The van der Waals surface area contributed by atoms with Crippen LogP contribution in [0.2, 0.25) is 0 Å². The second-order valence-corrected chi connectivity index (χ2v) is 8.84. The number of para-hydroxylation sites is 2. The van der Waals surface area contributed by atoms with Crippen molar-refractivity contribution in [1.29, 1.82) is 0 Å². The number of piperazine rings is 1. The Kier molecular flexibility index (Phi) is 7.23. The zero-order valence-electron chi connectivity index (χ0n) is 18.3. The van der Waals surface area contributed by atoms with E-state index in [0.717, 1.165) is 44.0 Å². The average molecular weight is 401 g/mol. The molecule has 0 spiro atoms. The molecule has 2 aliphatic rings. The van der Waals surface area contributed by atoms with Crippen LogP contribution in [0.5, 0.6) is 5.75 Å². The van der Waals surface area contributed by atoms with E-state index in [1.54, 1.807) is 7.11 Å². The number of methoxy groups -OCH3 is 1. The SMILES string of the molecule is COc1ccccc1N1CCN(C(=O)C[C@@H]2C[C@@H](C(C)C)[C@H](CO)C=C2C)CC1. The lowest BCUT2D eigenvalue weighted by Crippen LogP contribution is -2.49. The number of aliphatic hydroxyl groups is 1. The smallest absolute Gasteiger partial charge is 0.223 e. The Bertz CT molecular complexity index is 723. The third-order valence-electron chi connectivity index (χ3n) is 6.77. The summed E-state index contributed by atoms with van der Waals surface area (Å²) >= 11 is 0. The van der Waals surface area contributed by atoms with Crippen LogP contribution < -0.4 is 9.64 Å². The fourth-order valence-electron chi connectivity index (χ4n) is 4.91. The van der Waals surface area contributed by atoms with Gasteiger partial charge in [0.25, 0.3) is 0 Å². The molecule has 1 fully saturated rings. The van der Waals surface area contributed by atoms with Crippen LogP contribution in [-0.4, -0.2) is 55.8 Å². The predicted octanol–water partition coefficient (Wildman–Crippen LogP) is 3.58. The fourth-order valence-corrected chi connectivity index (χ4v) is 4.91. The van der Waals surface area contributed by atoms with Gasteiger partial charge in [0, 0.05) is 45.1 Å². The first-order chi connectivity index (χ1) is 13.9. The predicted molar refractivity (Wildman–Crippen MR) is 117 cm³/mol. The van der Waals surface area contributed by atoms with Crippen molar-refractivity contribution >= 4 is 11.6 Å². The molecule has 1 N–H and O–H groups in total. The molecule has 0 saturated carbocycles. The molecule has 0 aromatic heterocycles. The lowest BCUT2D eigenvalue weighted by molar-refractivity contribution is -0.132. The van der Waals surface area contributed by atoms with Gasteiger partial charge in [0.2, 0.25) is 5.91 Å². The molecule has 3 rings (SSSR count). The maximum Gasteiger partial charge on any atom is 0.223 e. The van der Waals surface area contributed by atoms with Crippen molar-refractivity contribution in [3.63, 3.8) is 0 Å². The third kappa shape index (κ3) is 4.95. The van der Waals surface area contributed by atoms with Gasteiger partial charge in [-0.25, -0.2) is 0 Å². The van der Waals surface area contributed by atoms with E-state index in [4.69, 9.17) is 4.74 Å². The molecule has 5 heteroatoms. The van der Waals surface area contributed by atoms with Gasteiger partial charge in [-0.2, -0.15) is 0 Å². The largest absolute Gasteiger partial charge is 0.495 e. The second kappa shape index (κ2) is 9.66. The maximum absolute atomic E-state index is 13.0. The highest BCUT2D eigenvalue weighted by Gasteiger charge is 2.33. The first-order valence-electron chi connectivity index (χ1n) is 10.9. The molecule has 1 aliphatic heterocycles. The molecular formula is C24H36N2O3. The highest BCUT2D eigenvalue weighted by atomic mass is 16.5. The Labute approximate surface area is 175 Å². The lowest BCUT2D eigenvalue weighted by atomic mass is 9.70. The molecule has 5 nitrogen and oxygen atoms in total. The quantitative estimate of drug-likeness (QED) is 0.742. The minimum absolute atomic E-state index is 0.200. The first kappa shape index (κ1) is 21.7. The van der Waals surface area contributed by atoms with Gasteiger partial charge in [-0.15, -0.1) is 0 Å². The molecule has 1 aromatic carbocycles. The lowest BCUT2D eigenvalue weighted by Gasteiger charge is -2.39. The molecule has 0 bridgehead atoms. The summed E-state index contributed by atoms with van der Waals surface area (Å²) in [7, 11) is 1.70. The summed E-state index contributed by atoms with van der Waals surface area (Å²) in [6.07, 6.45) is 3.79. The Morgan fingerprint density at radius 2 is 1.90 bits per heavy atom. The van der Waals surface area contributed by atoms with Crippen LogP contribution in [0.15, 0.2) is 35.9 Å². The Hall–Kier alpha value is -2.01. The number of rotatable bonds is 6. The minimum Gasteiger partial charge on any atom is -0.495 e. The van der Waals surface area contributed by atoms with Crippen LogP contribution in [0.1, 0.15) is 33.6 Å². The second-order valence-electron chi connectivity index (χ2n) is 8.84. The number of hydrogen-bond acceptors (Lipinski definition) is 4. The van der Waals surface area contributed by atoms with Crippen LogP contribution in [0, 0.1) is 23.7 Å². The number of aliphatic hydroxyl groups excluding tert-OH is 1. The summed E-state index contributed by atoms with van der Waals surface area (Å²) in [6.45, 7) is 9.91. The summed E-state index contributed by atoms with van der Waals surface area (Å²) in [4.78, 5) is 17.3. The molecule has 1 aromatic rings. The summed E-state index contributed by atoms with van der Waals surface area (Å²) in [6, 6.07) is 8.07. The number of allylic oxidation sites excluding steroid dienone is 1.